The second-order valence-electron chi connectivity index (χ2n) is 5.37. The van der Waals surface area contributed by atoms with Crippen LogP contribution in [-0.2, 0) is 10.0 Å². The molecule has 1 heterocycles. The molecule has 0 aliphatic carbocycles. The summed E-state index contributed by atoms with van der Waals surface area (Å²) in [6, 6.07) is 8.91. The quantitative estimate of drug-likeness (QED) is 0.920. The van der Waals surface area contributed by atoms with Gasteiger partial charge in [0.05, 0.1) is 11.9 Å². The zero-order valence-corrected chi connectivity index (χ0v) is 12.8. The van der Waals surface area contributed by atoms with E-state index in [2.05, 4.69) is 0 Å². The largest absolute Gasteiger partial charge is 0.465 e. The minimum absolute atomic E-state index is 0.0183. The molecular formula is C14H20N2O4S. The summed E-state index contributed by atoms with van der Waals surface area (Å²) >= 11 is 0. The van der Waals surface area contributed by atoms with Gasteiger partial charge in [0.15, 0.2) is 0 Å². The van der Waals surface area contributed by atoms with Crippen molar-refractivity contribution < 1.29 is 18.3 Å². The molecule has 1 aliphatic heterocycles. The molecule has 1 aromatic rings. The summed E-state index contributed by atoms with van der Waals surface area (Å²) in [6.45, 7) is 1.22. The number of rotatable bonds is 4. The summed E-state index contributed by atoms with van der Waals surface area (Å²) < 4.78 is 25.4. The van der Waals surface area contributed by atoms with Gasteiger partial charge in [-0.25, -0.2) is 13.2 Å². The number of anilines is 1. The molecule has 0 saturated carbocycles. The second kappa shape index (κ2) is 6.34. The van der Waals surface area contributed by atoms with Crippen LogP contribution in [0.1, 0.15) is 12.8 Å². The van der Waals surface area contributed by atoms with Crippen LogP contribution in [0.25, 0.3) is 0 Å². The van der Waals surface area contributed by atoms with Crippen molar-refractivity contribution in [1.82, 2.24) is 4.90 Å². The Morgan fingerprint density at radius 3 is 2.62 bits per heavy atom. The van der Waals surface area contributed by atoms with Gasteiger partial charge >= 0.3 is 6.09 Å². The van der Waals surface area contributed by atoms with Crippen molar-refractivity contribution in [1.29, 1.82) is 0 Å². The molecule has 7 heteroatoms. The average molecular weight is 312 g/mol. The van der Waals surface area contributed by atoms with Crippen LogP contribution in [0.4, 0.5) is 10.5 Å². The molecule has 2 rings (SSSR count). The maximum atomic E-state index is 12.0. The Morgan fingerprint density at radius 1 is 1.38 bits per heavy atom. The van der Waals surface area contributed by atoms with Gasteiger partial charge in [-0.3, -0.25) is 4.31 Å². The lowest BCUT2D eigenvalue weighted by atomic mass is 9.98. The molecule has 6 nitrogen and oxygen atoms in total. The molecule has 0 aromatic heterocycles. The van der Waals surface area contributed by atoms with E-state index in [1.165, 1.54) is 15.5 Å². The molecule has 1 fully saturated rings. The first-order valence-electron chi connectivity index (χ1n) is 6.88. The highest BCUT2D eigenvalue weighted by Crippen LogP contribution is 2.23. The van der Waals surface area contributed by atoms with E-state index < -0.39 is 16.1 Å². The van der Waals surface area contributed by atoms with E-state index in [0.717, 1.165) is 12.8 Å². The average Bonchev–Trinajstić information content (AvgIpc) is 2.45. The van der Waals surface area contributed by atoms with Gasteiger partial charge in [-0.1, -0.05) is 18.2 Å². The molecule has 1 N–H and O–H groups in total. The summed E-state index contributed by atoms with van der Waals surface area (Å²) in [5, 5.41) is 9.06. The molecule has 1 aliphatic rings. The Balaban J connectivity index is 2.15. The summed E-state index contributed by atoms with van der Waals surface area (Å²) in [5.41, 5.74) is 0.618. The Morgan fingerprint density at radius 2 is 2.05 bits per heavy atom. The summed E-state index contributed by atoms with van der Waals surface area (Å²) in [6.07, 6.45) is 1.84. The van der Waals surface area contributed by atoms with Gasteiger partial charge in [-0.15, -0.1) is 0 Å². The second-order valence-corrected chi connectivity index (χ2v) is 7.27. The van der Waals surface area contributed by atoms with Crippen molar-refractivity contribution in [2.45, 2.75) is 12.8 Å². The molecule has 21 heavy (non-hydrogen) atoms. The van der Waals surface area contributed by atoms with E-state index in [9.17, 15) is 13.2 Å². The van der Waals surface area contributed by atoms with Crippen molar-refractivity contribution in [3.63, 3.8) is 0 Å². The van der Waals surface area contributed by atoms with Crippen molar-refractivity contribution in [3.8, 4) is 0 Å². The van der Waals surface area contributed by atoms with Gasteiger partial charge < -0.3 is 10.0 Å². The zero-order chi connectivity index (χ0) is 15.5. The van der Waals surface area contributed by atoms with Gasteiger partial charge in [-0.05, 0) is 30.9 Å². The third kappa shape index (κ3) is 4.10. The highest BCUT2D eigenvalue weighted by molar-refractivity contribution is 7.92. The lowest BCUT2D eigenvalue weighted by molar-refractivity contribution is 0.121. The molecule has 1 atom stereocenters. The highest BCUT2D eigenvalue weighted by atomic mass is 32.2. The molecule has 1 saturated heterocycles. The SMILES string of the molecule is CS(=O)(=O)N(CC1CCCN(C(=O)O)C1)c1ccccc1. The zero-order valence-electron chi connectivity index (χ0n) is 12.0. The van der Waals surface area contributed by atoms with Crippen LogP contribution >= 0.6 is 0 Å². The number of hydrogen-bond acceptors (Lipinski definition) is 3. The predicted molar refractivity (Wildman–Crippen MR) is 81.0 cm³/mol. The summed E-state index contributed by atoms with van der Waals surface area (Å²) in [7, 11) is -3.39. The number of sulfonamides is 1. The van der Waals surface area contributed by atoms with Gasteiger partial charge in [0.2, 0.25) is 10.0 Å². The highest BCUT2D eigenvalue weighted by Gasteiger charge is 2.27. The number of hydrogen-bond donors (Lipinski definition) is 1. The van der Waals surface area contributed by atoms with Crippen LogP contribution < -0.4 is 4.31 Å². The summed E-state index contributed by atoms with van der Waals surface area (Å²) in [5.74, 6) is 0.0183. The number of piperidine rings is 1. The van der Waals surface area contributed by atoms with Gasteiger partial charge in [-0.2, -0.15) is 0 Å². The number of benzene rings is 1. The number of nitrogens with zero attached hydrogens (tertiary/aromatic N) is 2. The van der Waals surface area contributed by atoms with E-state index in [1.807, 2.05) is 6.07 Å². The Labute approximate surface area is 125 Å². The van der Waals surface area contributed by atoms with Crippen molar-refractivity contribution in [2.24, 2.45) is 5.92 Å². The smallest absolute Gasteiger partial charge is 0.407 e. The lowest BCUT2D eigenvalue weighted by Gasteiger charge is -2.34. The van der Waals surface area contributed by atoms with Gasteiger partial charge in [0.1, 0.15) is 0 Å². The third-order valence-corrected chi connectivity index (χ3v) is 4.82. The van der Waals surface area contributed by atoms with Crippen LogP contribution in [0, 0.1) is 5.92 Å². The normalized spacial score (nSPS) is 19.3. The molecular weight excluding hydrogens is 292 g/mol. The Hall–Kier alpha value is -1.76. The fourth-order valence-electron chi connectivity index (χ4n) is 2.65. The van der Waals surface area contributed by atoms with Gasteiger partial charge in [0, 0.05) is 19.6 Å². The van der Waals surface area contributed by atoms with E-state index in [4.69, 9.17) is 5.11 Å². The van der Waals surface area contributed by atoms with Crippen LogP contribution in [-0.4, -0.2) is 50.4 Å². The maximum Gasteiger partial charge on any atom is 0.407 e. The molecule has 0 radical (unpaired) electrons. The number of amides is 1. The molecule has 0 spiro atoms. The molecule has 1 unspecified atom stereocenters. The predicted octanol–water partition coefficient (Wildman–Crippen LogP) is 1.84. The van der Waals surface area contributed by atoms with Crippen LogP contribution in [0.5, 0.6) is 0 Å². The fraction of sp³-hybridized carbons (Fsp3) is 0.500. The molecule has 116 valence electrons. The lowest BCUT2D eigenvalue weighted by Crippen LogP contribution is -2.44. The number of carboxylic acid groups (broad SMARTS) is 1. The van der Waals surface area contributed by atoms with E-state index >= 15 is 0 Å². The topological polar surface area (TPSA) is 77.9 Å². The first-order chi connectivity index (χ1) is 9.88. The van der Waals surface area contributed by atoms with Crippen LogP contribution in [0.2, 0.25) is 0 Å². The Kier molecular flexibility index (Phi) is 4.72. The van der Waals surface area contributed by atoms with Gasteiger partial charge in [0.25, 0.3) is 0 Å². The number of carbonyl (C=O) groups is 1. The molecule has 0 bridgehead atoms. The third-order valence-electron chi connectivity index (χ3n) is 3.66. The first-order valence-corrected chi connectivity index (χ1v) is 8.73. The van der Waals surface area contributed by atoms with Crippen molar-refractivity contribution >= 4 is 21.8 Å². The number of para-hydroxylation sites is 1. The maximum absolute atomic E-state index is 12.0. The number of likely N-dealkylation sites (tertiary alicyclic amines) is 1. The minimum atomic E-state index is -3.39. The summed E-state index contributed by atoms with van der Waals surface area (Å²) in [4.78, 5) is 12.4. The van der Waals surface area contributed by atoms with E-state index in [-0.39, 0.29) is 5.92 Å². The monoisotopic (exact) mass is 312 g/mol. The Bertz CT molecular complexity index is 588. The van der Waals surface area contributed by atoms with Crippen molar-refractivity contribution in [3.05, 3.63) is 30.3 Å². The molecule has 1 amide bonds. The van der Waals surface area contributed by atoms with Crippen LogP contribution in [0.15, 0.2) is 30.3 Å². The minimum Gasteiger partial charge on any atom is -0.465 e. The fourth-order valence-corrected chi connectivity index (χ4v) is 3.64. The first kappa shape index (κ1) is 15.6. The van der Waals surface area contributed by atoms with Crippen molar-refractivity contribution in [2.75, 3.05) is 30.2 Å². The molecule has 1 aromatic carbocycles. The van der Waals surface area contributed by atoms with E-state index in [0.29, 0.717) is 25.3 Å². The standard InChI is InChI=1S/C14H20N2O4S/c1-21(19,20)16(13-7-3-2-4-8-13)11-12-6-5-9-15(10-12)14(17)18/h2-4,7-8,12H,5-6,9-11H2,1H3,(H,17,18). The van der Waals surface area contributed by atoms with E-state index in [1.54, 1.807) is 24.3 Å². The van der Waals surface area contributed by atoms with Crippen LogP contribution in [0.3, 0.4) is 0 Å².